The summed E-state index contributed by atoms with van der Waals surface area (Å²) in [5, 5.41) is 25.5. The van der Waals surface area contributed by atoms with Gasteiger partial charge in [-0.05, 0) is 71.9 Å². The Morgan fingerprint density at radius 1 is 0.453 bits per heavy atom. The maximum absolute atomic E-state index is 13.1. The maximum atomic E-state index is 13.1. The number of unbranched alkanes of at least 4 members (excludes halogenated alkanes) is 6. The van der Waals surface area contributed by atoms with Crippen LogP contribution in [0, 0.1) is 0 Å². The van der Waals surface area contributed by atoms with Crippen molar-refractivity contribution in [2.24, 2.45) is 0 Å². The number of thioether (sulfide) groups is 1. The molecule has 4 fully saturated rings. The molecule has 4 amide bonds. The molecule has 5 N–H and O–H groups in total. The number of aliphatic hydroxyl groups excluding tert-OH is 1. The lowest BCUT2D eigenvalue weighted by Gasteiger charge is -2.49. The lowest BCUT2D eigenvalue weighted by molar-refractivity contribution is -0.379. The van der Waals surface area contributed by atoms with Gasteiger partial charge in [0.15, 0.2) is 12.6 Å². The van der Waals surface area contributed by atoms with E-state index in [1.807, 2.05) is 194 Å². The molecule has 0 spiro atoms. The minimum absolute atomic E-state index is 0.00475. The fourth-order valence-electron chi connectivity index (χ4n) is 12.4. The number of nitrogens with one attached hydrogen (secondary N) is 4. The zero-order valence-corrected chi connectivity index (χ0v) is 55.3. The van der Waals surface area contributed by atoms with E-state index in [2.05, 4.69) is 21.3 Å². The number of rotatable bonds is 41. The van der Waals surface area contributed by atoms with Crippen molar-refractivity contribution in [3.05, 3.63) is 215 Å². The van der Waals surface area contributed by atoms with E-state index in [-0.39, 0.29) is 76.2 Å². The fraction of sp³-hybridized carbons (Fsp3) is 0.487. The number of urea groups is 1. The molecule has 18 nitrogen and oxygen atoms in total. The number of carbonyl (C=O) groups is 3. The van der Waals surface area contributed by atoms with Gasteiger partial charge in [0.1, 0.15) is 48.8 Å². The average Bonchev–Trinajstić information content (AvgIpc) is 1.33. The van der Waals surface area contributed by atoms with Crippen LogP contribution in [0.25, 0.3) is 0 Å². The minimum atomic E-state index is -1.42. The van der Waals surface area contributed by atoms with Crippen LogP contribution in [0.2, 0.25) is 0 Å². The van der Waals surface area contributed by atoms with E-state index in [0.29, 0.717) is 63.7 Å². The van der Waals surface area contributed by atoms with Crippen molar-refractivity contribution in [2.45, 2.75) is 195 Å². The first-order valence-corrected chi connectivity index (χ1v) is 35.2. The number of aliphatic hydroxyl groups is 1. The second-order valence-electron chi connectivity index (χ2n) is 24.9. The summed E-state index contributed by atoms with van der Waals surface area (Å²) in [7, 11) is 0. The van der Waals surface area contributed by atoms with E-state index < -0.39 is 61.4 Å². The monoisotopic (exact) mass is 1320 g/mol. The number of amides is 4. The molecule has 95 heavy (non-hydrogen) atoms. The molecule has 6 aromatic rings. The van der Waals surface area contributed by atoms with Crippen LogP contribution in [0.4, 0.5) is 4.79 Å². The summed E-state index contributed by atoms with van der Waals surface area (Å²) in [6.07, 6.45) is -0.687. The maximum Gasteiger partial charge on any atom is 0.315 e. The summed E-state index contributed by atoms with van der Waals surface area (Å²) in [4.78, 5) is 37.3. The molecule has 4 saturated heterocycles. The van der Waals surface area contributed by atoms with Crippen LogP contribution < -0.4 is 21.3 Å². The molecule has 0 radical (unpaired) electrons. The number of hydrogen-bond acceptors (Lipinski definition) is 15. The van der Waals surface area contributed by atoms with Gasteiger partial charge in [0.2, 0.25) is 11.8 Å². The lowest BCUT2D eigenvalue weighted by atomic mass is 9.96. The molecule has 0 bridgehead atoms. The highest BCUT2D eigenvalue weighted by atomic mass is 32.2. The SMILES string of the molecule is O=C(CCCCCO[C@H]1O[C@H](COCc2ccccc2)[C@@H](OCc2ccccc2)[C@H](OCc2ccccc2)[C@@H]1O[C@H]1O[C@H](COCc2ccccc2)[C@@H](OCc2ccccc2)[C@H](OCc2ccccc2)[C@@H]1O)NCCCCCCNC(=O)CCCC[C@@H]1SC[C@@H]2NC(=O)N[C@@H]21. The van der Waals surface area contributed by atoms with Crippen molar-refractivity contribution in [3.8, 4) is 0 Å². The third-order valence-electron chi connectivity index (χ3n) is 17.6. The van der Waals surface area contributed by atoms with Gasteiger partial charge in [-0.1, -0.05) is 208 Å². The molecule has 10 rings (SSSR count). The summed E-state index contributed by atoms with van der Waals surface area (Å²) in [5.41, 5.74) is 5.68. The smallest absolute Gasteiger partial charge is 0.315 e. The van der Waals surface area contributed by atoms with Crippen LogP contribution in [0.1, 0.15) is 110 Å². The number of hydrogen-bond donors (Lipinski definition) is 5. The highest BCUT2D eigenvalue weighted by Crippen LogP contribution is 2.37. The molecule has 4 heterocycles. The van der Waals surface area contributed by atoms with Gasteiger partial charge in [-0.15, -0.1) is 0 Å². The van der Waals surface area contributed by atoms with Gasteiger partial charge in [-0.25, -0.2) is 4.79 Å². The number of ether oxygens (including phenoxy) is 10. The van der Waals surface area contributed by atoms with Crippen molar-refractivity contribution in [2.75, 3.05) is 38.7 Å². The second-order valence-corrected chi connectivity index (χ2v) is 26.2. The molecule has 510 valence electrons. The van der Waals surface area contributed by atoms with Crippen LogP contribution in [-0.4, -0.2) is 140 Å². The van der Waals surface area contributed by atoms with Crippen molar-refractivity contribution in [3.63, 3.8) is 0 Å². The van der Waals surface area contributed by atoms with Crippen molar-refractivity contribution in [1.29, 1.82) is 0 Å². The minimum Gasteiger partial charge on any atom is -0.385 e. The predicted octanol–water partition coefficient (Wildman–Crippen LogP) is 11.1. The highest BCUT2D eigenvalue weighted by molar-refractivity contribution is 8.00. The van der Waals surface area contributed by atoms with Gasteiger partial charge in [0, 0.05) is 43.5 Å². The van der Waals surface area contributed by atoms with E-state index in [4.69, 9.17) is 47.4 Å². The number of benzene rings is 6. The summed E-state index contributed by atoms with van der Waals surface area (Å²) in [5.74, 6) is 1.03. The Labute approximate surface area is 564 Å². The van der Waals surface area contributed by atoms with Crippen LogP contribution >= 0.6 is 11.8 Å². The Kier molecular flexibility index (Phi) is 29.7. The lowest BCUT2D eigenvalue weighted by Crippen LogP contribution is -2.66. The quantitative estimate of drug-likeness (QED) is 0.0178. The standard InChI is InChI=1S/C76H96N4O14S/c81-65(77-43-25-1-2-26-44-78-66(82)42-24-23-40-64-67-61(54-95-64)79-76(84)80-67)41-22-9-27-45-87-75-73(72(91-51-60-38-20-8-21-39-60)70(89-49-58-34-16-6-17-35-58)63(93-75)53-86-47-56-30-12-4-13-31-56)94-74-68(83)71(90-50-59-36-18-7-19-37-59)69(88-48-57-32-14-5-15-33-57)62(92-74)52-85-46-55-28-10-3-11-29-55/h3-8,10-21,28-39,61-64,67-75,83H,1-2,9,22-27,40-54H2,(H,77,81)(H,78,82)(H2,79,80,84)/t61-,62+,63+,64-,67-,68-,69+,70+,71+,72-,73-,74+,75-/m0/s1. The summed E-state index contributed by atoms with van der Waals surface area (Å²) in [6, 6.07) is 59.7. The molecule has 0 saturated carbocycles. The zero-order chi connectivity index (χ0) is 65.5. The Bertz CT molecular complexity index is 3120. The molecule has 4 aliphatic rings. The first-order valence-electron chi connectivity index (χ1n) is 34.1. The average molecular weight is 1320 g/mol. The van der Waals surface area contributed by atoms with Crippen LogP contribution in [0.3, 0.4) is 0 Å². The Morgan fingerprint density at radius 2 is 0.863 bits per heavy atom. The third kappa shape index (κ3) is 23.3. The Balaban J connectivity index is 0.796. The van der Waals surface area contributed by atoms with Gasteiger partial charge >= 0.3 is 6.03 Å². The van der Waals surface area contributed by atoms with Gasteiger partial charge in [0.05, 0.1) is 64.9 Å². The second kappa shape index (κ2) is 39.6. The Morgan fingerprint density at radius 3 is 1.35 bits per heavy atom. The summed E-state index contributed by atoms with van der Waals surface area (Å²) < 4.78 is 68.7. The normalized spacial score (nSPS) is 24.7. The number of fused-ring (bicyclic) bond motifs is 1. The van der Waals surface area contributed by atoms with Crippen molar-refractivity contribution in [1.82, 2.24) is 21.3 Å². The molecule has 0 unspecified atom stereocenters. The molecule has 0 aromatic heterocycles. The molecule has 0 aliphatic carbocycles. The van der Waals surface area contributed by atoms with E-state index in [0.717, 1.165) is 84.1 Å². The van der Waals surface area contributed by atoms with E-state index in [1.54, 1.807) is 0 Å². The first kappa shape index (κ1) is 71.2. The molecular formula is C76H96N4O14S. The summed E-state index contributed by atoms with van der Waals surface area (Å²) in [6.45, 7) is 3.05. The Hall–Kier alpha value is -6.56. The largest absolute Gasteiger partial charge is 0.385 e. The van der Waals surface area contributed by atoms with Crippen LogP contribution in [-0.2, 0) is 96.6 Å². The van der Waals surface area contributed by atoms with E-state index >= 15 is 0 Å². The van der Waals surface area contributed by atoms with Crippen molar-refractivity contribution < 1.29 is 66.9 Å². The fourth-order valence-corrected chi connectivity index (χ4v) is 14.0. The number of carbonyl (C=O) groups excluding carboxylic acids is 3. The van der Waals surface area contributed by atoms with Crippen molar-refractivity contribution >= 4 is 29.6 Å². The van der Waals surface area contributed by atoms with Gasteiger partial charge < -0.3 is 73.7 Å². The van der Waals surface area contributed by atoms with Crippen LogP contribution in [0.5, 0.6) is 0 Å². The summed E-state index contributed by atoms with van der Waals surface area (Å²) >= 11 is 1.90. The first-order chi connectivity index (χ1) is 46.8. The highest BCUT2D eigenvalue weighted by Gasteiger charge is 2.54. The molecular weight excluding hydrogens is 1220 g/mol. The third-order valence-corrected chi connectivity index (χ3v) is 19.1. The van der Waals surface area contributed by atoms with Gasteiger partial charge in [-0.3, -0.25) is 9.59 Å². The van der Waals surface area contributed by atoms with Crippen LogP contribution in [0.15, 0.2) is 182 Å². The van der Waals surface area contributed by atoms with E-state index in [9.17, 15) is 19.5 Å². The molecule has 19 heteroatoms. The van der Waals surface area contributed by atoms with E-state index in [1.165, 1.54) is 0 Å². The molecule has 6 aromatic carbocycles. The van der Waals surface area contributed by atoms with Gasteiger partial charge in [0.25, 0.3) is 0 Å². The molecule has 13 atom stereocenters. The molecule has 4 aliphatic heterocycles. The van der Waals surface area contributed by atoms with Gasteiger partial charge in [-0.2, -0.15) is 11.8 Å². The predicted molar refractivity (Wildman–Crippen MR) is 363 cm³/mol. The topological polar surface area (TPSA) is 212 Å². The zero-order valence-electron chi connectivity index (χ0n) is 54.5.